The van der Waals surface area contributed by atoms with E-state index in [1.807, 2.05) is 19.1 Å². The second-order valence-corrected chi connectivity index (χ2v) is 4.74. The van der Waals surface area contributed by atoms with E-state index >= 15 is 0 Å². The average Bonchev–Trinajstić information content (AvgIpc) is 2.99. The Morgan fingerprint density at radius 2 is 2.35 bits per heavy atom. The Bertz CT molecular complexity index is 326. The van der Waals surface area contributed by atoms with Crippen LogP contribution in [0.15, 0.2) is 16.5 Å². The van der Waals surface area contributed by atoms with Crippen molar-refractivity contribution in [2.45, 2.75) is 57.7 Å². The summed E-state index contributed by atoms with van der Waals surface area (Å²) in [5.74, 6) is 1.65. The first-order valence-corrected chi connectivity index (χ1v) is 6.68. The van der Waals surface area contributed by atoms with Gasteiger partial charge in [-0.1, -0.05) is 6.92 Å². The summed E-state index contributed by atoms with van der Waals surface area (Å²) in [6.07, 6.45) is 6.01. The number of aliphatic hydroxyl groups is 1. The summed E-state index contributed by atoms with van der Waals surface area (Å²) in [7, 11) is 0. The van der Waals surface area contributed by atoms with Gasteiger partial charge in [-0.2, -0.15) is 0 Å². The maximum atomic E-state index is 9.97. The maximum absolute atomic E-state index is 9.97. The minimum absolute atomic E-state index is 0.421. The van der Waals surface area contributed by atoms with Crippen LogP contribution < -0.4 is 0 Å². The van der Waals surface area contributed by atoms with E-state index in [9.17, 15) is 5.11 Å². The second-order valence-electron chi connectivity index (χ2n) is 4.74. The lowest BCUT2D eigenvalue weighted by Crippen LogP contribution is -2.05. The molecule has 3 heteroatoms. The Morgan fingerprint density at radius 1 is 1.47 bits per heavy atom. The summed E-state index contributed by atoms with van der Waals surface area (Å²) in [6.45, 7) is 2.96. The summed E-state index contributed by atoms with van der Waals surface area (Å²) in [5, 5.41) is 9.97. The Hall–Kier alpha value is -0.800. The van der Waals surface area contributed by atoms with Gasteiger partial charge < -0.3 is 14.3 Å². The predicted molar refractivity (Wildman–Crippen MR) is 65.9 cm³/mol. The van der Waals surface area contributed by atoms with E-state index in [2.05, 4.69) is 0 Å². The van der Waals surface area contributed by atoms with Gasteiger partial charge in [0.25, 0.3) is 0 Å². The van der Waals surface area contributed by atoms with Gasteiger partial charge in [-0.25, -0.2) is 0 Å². The lowest BCUT2D eigenvalue weighted by atomic mass is 10.1. The van der Waals surface area contributed by atoms with Crippen LogP contribution in [0.1, 0.15) is 56.7 Å². The molecule has 0 amide bonds. The van der Waals surface area contributed by atoms with Gasteiger partial charge in [-0.15, -0.1) is 0 Å². The van der Waals surface area contributed by atoms with E-state index in [-0.39, 0.29) is 0 Å². The number of hydrogen-bond acceptors (Lipinski definition) is 3. The van der Waals surface area contributed by atoms with Gasteiger partial charge in [0.2, 0.25) is 0 Å². The Balaban J connectivity index is 1.70. The highest BCUT2D eigenvalue weighted by Gasteiger charge is 2.17. The zero-order chi connectivity index (χ0) is 12.1. The molecule has 96 valence electrons. The first kappa shape index (κ1) is 12.7. The summed E-state index contributed by atoms with van der Waals surface area (Å²) in [6, 6.07) is 3.83. The molecule has 0 aliphatic carbocycles. The smallest absolute Gasteiger partial charge is 0.132 e. The molecule has 1 aromatic heterocycles. The fourth-order valence-electron chi connectivity index (χ4n) is 2.32. The van der Waals surface area contributed by atoms with Crippen LogP contribution >= 0.6 is 0 Å². The predicted octanol–water partition coefficient (Wildman–Crippen LogP) is 3.22. The molecule has 1 aliphatic rings. The monoisotopic (exact) mass is 238 g/mol. The van der Waals surface area contributed by atoms with Gasteiger partial charge in [0.1, 0.15) is 17.6 Å². The molecule has 2 atom stereocenters. The number of furan rings is 1. The summed E-state index contributed by atoms with van der Waals surface area (Å²) in [5.41, 5.74) is 0. The summed E-state index contributed by atoms with van der Waals surface area (Å²) >= 11 is 0. The van der Waals surface area contributed by atoms with Crippen LogP contribution in [-0.2, 0) is 11.2 Å². The number of ether oxygens (including phenoxy) is 1. The molecule has 0 saturated carbocycles. The van der Waals surface area contributed by atoms with E-state index in [4.69, 9.17) is 9.15 Å². The molecule has 0 radical (unpaired) electrons. The van der Waals surface area contributed by atoms with E-state index in [0.29, 0.717) is 11.9 Å². The normalized spacial score (nSPS) is 21.9. The fraction of sp³-hybridized carbons (Fsp3) is 0.714. The highest BCUT2D eigenvalue weighted by atomic mass is 16.5. The van der Waals surface area contributed by atoms with Crippen molar-refractivity contribution in [3.05, 3.63) is 23.7 Å². The number of rotatable bonds is 6. The molecular weight excluding hydrogens is 216 g/mol. The third-order valence-corrected chi connectivity index (χ3v) is 3.39. The van der Waals surface area contributed by atoms with Crippen LogP contribution in [0.4, 0.5) is 0 Å². The van der Waals surface area contributed by atoms with Crippen molar-refractivity contribution in [1.82, 2.24) is 0 Å². The Labute approximate surface area is 103 Å². The fourth-order valence-corrected chi connectivity index (χ4v) is 2.32. The molecule has 2 rings (SSSR count). The molecule has 0 spiro atoms. The zero-order valence-corrected chi connectivity index (χ0v) is 10.5. The van der Waals surface area contributed by atoms with Gasteiger partial charge >= 0.3 is 0 Å². The molecule has 1 fully saturated rings. The van der Waals surface area contributed by atoms with Crippen molar-refractivity contribution < 1.29 is 14.3 Å². The third-order valence-electron chi connectivity index (χ3n) is 3.39. The molecule has 1 aromatic rings. The quantitative estimate of drug-likeness (QED) is 0.827. The Kier molecular flexibility index (Phi) is 4.63. The van der Waals surface area contributed by atoms with E-state index in [1.165, 1.54) is 12.8 Å². The van der Waals surface area contributed by atoms with E-state index < -0.39 is 6.10 Å². The molecule has 1 N–H and O–H groups in total. The number of aliphatic hydroxyl groups excluding tert-OH is 1. The van der Waals surface area contributed by atoms with Crippen LogP contribution in [0, 0.1) is 0 Å². The Morgan fingerprint density at radius 3 is 3.00 bits per heavy atom. The molecule has 2 unspecified atom stereocenters. The first-order valence-electron chi connectivity index (χ1n) is 6.68. The van der Waals surface area contributed by atoms with Crippen molar-refractivity contribution in [1.29, 1.82) is 0 Å². The standard InChI is InChI=1S/C14H22O3/c1-2-11-8-9-14(17-11)13(15)7-3-5-12-6-4-10-16-12/h8-9,12-13,15H,2-7,10H2,1H3. The average molecular weight is 238 g/mol. The van der Waals surface area contributed by atoms with Gasteiger partial charge in [0.15, 0.2) is 0 Å². The molecule has 0 bridgehead atoms. The molecule has 1 saturated heterocycles. The van der Waals surface area contributed by atoms with Crippen molar-refractivity contribution in [2.24, 2.45) is 0 Å². The molecule has 0 aromatic carbocycles. The van der Waals surface area contributed by atoms with Crippen molar-refractivity contribution in [3.63, 3.8) is 0 Å². The van der Waals surface area contributed by atoms with Gasteiger partial charge in [-0.05, 0) is 44.2 Å². The summed E-state index contributed by atoms with van der Waals surface area (Å²) < 4.78 is 11.1. The molecule has 1 aliphatic heterocycles. The topological polar surface area (TPSA) is 42.6 Å². The van der Waals surface area contributed by atoms with E-state index in [1.54, 1.807) is 0 Å². The van der Waals surface area contributed by atoms with Crippen molar-refractivity contribution in [3.8, 4) is 0 Å². The van der Waals surface area contributed by atoms with Gasteiger partial charge in [-0.3, -0.25) is 0 Å². The number of hydrogen-bond donors (Lipinski definition) is 1. The number of aryl methyl sites for hydroxylation is 1. The van der Waals surface area contributed by atoms with Crippen LogP contribution in [0.3, 0.4) is 0 Å². The molecule has 17 heavy (non-hydrogen) atoms. The lowest BCUT2D eigenvalue weighted by molar-refractivity contribution is 0.0905. The molecule has 2 heterocycles. The van der Waals surface area contributed by atoms with Crippen LogP contribution in [0.5, 0.6) is 0 Å². The van der Waals surface area contributed by atoms with Crippen molar-refractivity contribution >= 4 is 0 Å². The summed E-state index contributed by atoms with van der Waals surface area (Å²) in [4.78, 5) is 0. The second kappa shape index (κ2) is 6.22. The lowest BCUT2D eigenvalue weighted by Gasteiger charge is -2.11. The van der Waals surface area contributed by atoms with Gasteiger partial charge in [0.05, 0.1) is 6.10 Å². The first-order chi connectivity index (χ1) is 8.29. The SMILES string of the molecule is CCc1ccc(C(O)CCCC2CCCO2)o1. The zero-order valence-electron chi connectivity index (χ0n) is 10.5. The van der Waals surface area contributed by atoms with Crippen LogP contribution in [-0.4, -0.2) is 17.8 Å². The molecule has 3 nitrogen and oxygen atoms in total. The minimum atomic E-state index is -0.461. The van der Waals surface area contributed by atoms with Gasteiger partial charge in [0, 0.05) is 13.0 Å². The molecular formula is C14H22O3. The van der Waals surface area contributed by atoms with Crippen LogP contribution in [0.2, 0.25) is 0 Å². The highest BCUT2D eigenvalue weighted by molar-refractivity contribution is 5.09. The van der Waals surface area contributed by atoms with Crippen LogP contribution in [0.25, 0.3) is 0 Å². The third kappa shape index (κ3) is 3.58. The van der Waals surface area contributed by atoms with Crippen molar-refractivity contribution in [2.75, 3.05) is 6.61 Å². The maximum Gasteiger partial charge on any atom is 0.132 e. The van der Waals surface area contributed by atoms with E-state index in [0.717, 1.165) is 38.1 Å². The minimum Gasteiger partial charge on any atom is -0.463 e. The largest absolute Gasteiger partial charge is 0.463 e. The highest BCUT2D eigenvalue weighted by Crippen LogP contribution is 2.24.